The van der Waals surface area contributed by atoms with Crippen molar-refractivity contribution in [2.75, 3.05) is 0 Å². The highest BCUT2D eigenvalue weighted by Gasteiger charge is 2.35. The number of hydrogen-bond acceptors (Lipinski definition) is 3. The Hall–Kier alpha value is -2.20. The molecular formula is C20H16O3. The maximum Gasteiger partial charge on any atom is 0.110 e. The van der Waals surface area contributed by atoms with Crippen LogP contribution in [0.25, 0.3) is 33.0 Å². The zero-order chi connectivity index (χ0) is 15.7. The third-order valence-electron chi connectivity index (χ3n) is 5.23. The van der Waals surface area contributed by atoms with E-state index in [-0.39, 0.29) is 0 Å². The van der Waals surface area contributed by atoms with E-state index < -0.39 is 18.3 Å². The van der Waals surface area contributed by atoms with Crippen LogP contribution in [0.3, 0.4) is 0 Å². The Kier molecular flexibility index (Phi) is 2.55. The normalized spacial score (nSPS) is 24.6. The zero-order valence-electron chi connectivity index (χ0n) is 12.4. The lowest BCUT2D eigenvalue weighted by Gasteiger charge is -2.31. The maximum atomic E-state index is 10.3. The second kappa shape index (κ2) is 4.42. The van der Waals surface area contributed by atoms with Crippen molar-refractivity contribution in [2.24, 2.45) is 0 Å². The van der Waals surface area contributed by atoms with Crippen molar-refractivity contribution in [1.29, 1.82) is 0 Å². The van der Waals surface area contributed by atoms with Gasteiger partial charge in [0.2, 0.25) is 0 Å². The lowest BCUT2D eigenvalue weighted by Crippen LogP contribution is -2.38. The molecule has 0 amide bonds. The van der Waals surface area contributed by atoms with Crippen LogP contribution >= 0.6 is 0 Å². The van der Waals surface area contributed by atoms with Crippen LogP contribution in [0.15, 0.2) is 48.5 Å². The minimum absolute atomic E-state index is 0.368. The summed E-state index contributed by atoms with van der Waals surface area (Å²) in [4.78, 5) is 0. The first-order chi connectivity index (χ1) is 11.1. The van der Waals surface area contributed by atoms with Crippen LogP contribution in [0.1, 0.15) is 17.2 Å². The highest BCUT2D eigenvalue weighted by molar-refractivity contribution is 6.15. The summed E-state index contributed by atoms with van der Waals surface area (Å²) in [5.41, 5.74) is 6.25. The van der Waals surface area contributed by atoms with E-state index in [9.17, 15) is 15.3 Å². The van der Waals surface area contributed by atoms with Crippen molar-refractivity contribution in [3.8, 4) is 22.3 Å². The zero-order valence-corrected chi connectivity index (χ0v) is 12.4. The van der Waals surface area contributed by atoms with Gasteiger partial charge in [0.05, 0.1) is 6.10 Å². The summed E-state index contributed by atoms with van der Waals surface area (Å²) in [7, 11) is 0. The molecule has 0 heterocycles. The lowest BCUT2D eigenvalue weighted by atomic mass is 9.82. The number of aliphatic hydroxyl groups excluding tert-OH is 3. The topological polar surface area (TPSA) is 60.7 Å². The van der Waals surface area contributed by atoms with Gasteiger partial charge < -0.3 is 15.3 Å². The Balaban J connectivity index is 1.83. The van der Waals surface area contributed by atoms with E-state index in [4.69, 9.17) is 0 Å². The molecule has 0 saturated carbocycles. The van der Waals surface area contributed by atoms with E-state index >= 15 is 0 Å². The first-order valence-electron chi connectivity index (χ1n) is 7.88. The molecule has 2 aliphatic carbocycles. The molecule has 3 nitrogen and oxygen atoms in total. The minimum Gasteiger partial charge on any atom is -0.390 e. The van der Waals surface area contributed by atoms with Crippen molar-refractivity contribution in [3.63, 3.8) is 0 Å². The standard InChI is InChI=1S/C20H16O3/c21-17-8-11-7-15-12-5-1-3-10-4-2-6-13(18(10)12)16(15)9-14(11)19(22)20(17)23/h1-7,9,17,19-23H,8H2/t17-,19-,20-/m0/s1. The molecule has 0 aliphatic heterocycles. The van der Waals surface area contributed by atoms with Gasteiger partial charge in [-0.05, 0) is 50.2 Å². The van der Waals surface area contributed by atoms with Crippen molar-refractivity contribution >= 4 is 10.8 Å². The summed E-state index contributed by atoms with van der Waals surface area (Å²) < 4.78 is 0. The van der Waals surface area contributed by atoms with Crippen LogP contribution in [0.5, 0.6) is 0 Å². The van der Waals surface area contributed by atoms with E-state index in [0.717, 1.165) is 22.3 Å². The molecule has 3 atom stereocenters. The Morgan fingerprint density at radius 1 is 0.783 bits per heavy atom. The SMILES string of the molecule is O[C@H]1[C@@H](O)Cc2cc3c(cc2[C@@H]1O)-c1cccc2cccc-3c12. The van der Waals surface area contributed by atoms with E-state index in [1.54, 1.807) is 0 Å². The largest absolute Gasteiger partial charge is 0.390 e. The van der Waals surface area contributed by atoms with Gasteiger partial charge >= 0.3 is 0 Å². The van der Waals surface area contributed by atoms with Gasteiger partial charge in [0.1, 0.15) is 12.2 Å². The van der Waals surface area contributed by atoms with Crippen molar-refractivity contribution < 1.29 is 15.3 Å². The fraction of sp³-hybridized carbons (Fsp3) is 0.200. The predicted molar refractivity (Wildman–Crippen MR) is 89.1 cm³/mol. The molecule has 3 heteroatoms. The average Bonchev–Trinajstić information content (AvgIpc) is 2.88. The van der Waals surface area contributed by atoms with Gasteiger partial charge in [-0.3, -0.25) is 0 Å². The molecule has 0 spiro atoms. The summed E-state index contributed by atoms with van der Waals surface area (Å²) in [6.07, 6.45) is -2.72. The molecule has 3 N–H and O–H groups in total. The summed E-state index contributed by atoms with van der Waals surface area (Å²) in [5, 5.41) is 32.7. The number of rotatable bonds is 0. The van der Waals surface area contributed by atoms with Gasteiger partial charge in [-0.2, -0.15) is 0 Å². The van der Waals surface area contributed by atoms with Crippen LogP contribution in [-0.2, 0) is 6.42 Å². The number of aliphatic hydroxyl groups is 3. The Morgan fingerprint density at radius 3 is 2.13 bits per heavy atom. The molecule has 2 aliphatic rings. The molecule has 114 valence electrons. The first kappa shape index (κ1) is 13.3. The van der Waals surface area contributed by atoms with E-state index in [2.05, 4.69) is 36.4 Å². The molecule has 0 aromatic heterocycles. The number of hydrogen-bond donors (Lipinski definition) is 3. The maximum absolute atomic E-state index is 10.3. The molecule has 0 fully saturated rings. The van der Waals surface area contributed by atoms with Crippen LogP contribution in [0.2, 0.25) is 0 Å². The summed E-state index contributed by atoms with van der Waals surface area (Å²) in [5.74, 6) is 0. The average molecular weight is 304 g/mol. The van der Waals surface area contributed by atoms with Gasteiger partial charge in [0.15, 0.2) is 0 Å². The molecule has 0 radical (unpaired) electrons. The summed E-state index contributed by atoms with van der Waals surface area (Å²) in [6.45, 7) is 0. The van der Waals surface area contributed by atoms with Gasteiger partial charge in [-0.1, -0.05) is 42.5 Å². The van der Waals surface area contributed by atoms with E-state index in [1.165, 1.54) is 21.9 Å². The predicted octanol–water partition coefficient (Wildman–Crippen LogP) is 2.80. The molecule has 23 heavy (non-hydrogen) atoms. The van der Waals surface area contributed by atoms with Gasteiger partial charge in [-0.15, -0.1) is 0 Å². The first-order valence-corrected chi connectivity index (χ1v) is 7.88. The van der Waals surface area contributed by atoms with Gasteiger partial charge in [-0.25, -0.2) is 0 Å². The second-order valence-corrected chi connectivity index (χ2v) is 6.51. The Bertz CT molecular complexity index is 955. The van der Waals surface area contributed by atoms with Crippen LogP contribution < -0.4 is 0 Å². The fourth-order valence-electron chi connectivity index (χ4n) is 4.09. The number of fused-ring (bicyclic) bond motifs is 4. The lowest BCUT2D eigenvalue weighted by molar-refractivity contribution is -0.0685. The highest BCUT2D eigenvalue weighted by Crippen LogP contribution is 2.49. The molecule has 3 aromatic rings. The van der Waals surface area contributed by atoms with Gasteiger partial charge in [0, 0.05) is 6.42 Å². The molecule has 5 rings (SSSR count). The summed E-state index contributed by atoms with van der Waals surface area (Å²) in [6, 6.07) is 16.6. The van der Waals surface area contributed by atoms with E-state index in [0.29, 0.717) is 6.42 Å². The Morgan fingerprint density at radius 2 is 1.43 bits per heavy atom. The van der Waals surface area contributed by atoms with E-state index in [1.807, 2.05) is 12.1 Å². The smallest absolute Gasteiger partial charge is 0.110 e. The third kappa shape index (κ3) is 1.64. The van der Waals surface area contributed by atoms with Crippen molar-refractivity contribution in [1.82, 2.24) is 0 Å². The van der Waals surface area contributed by atoms with Gasteiger partial charge in [0.25, 0.3) is 0 Å². The quantitative estimate of drug-likeness (QED) is 0.468. The van der Waals surface area contributed by atoms with Crippen molar-refractivity contribution in [3.05, 3.63) is 59.7 Å². The third-order valence-corrected chi connectivity index (χ3v) is 5.23. The molecular weight excluding hydrogens is 288 g/mol. The van der Waals surface area contributed by atoms with Crippen LogP contribution in [0, 0.1) is 0 Å². The minimum atomic E-state index is -1.12. The molecule has 0 unspecified atom stereocenters. The molecule has 0 saturated heterocycles. The van der Waals surface area contributed by atoms with Crippen LogP contribution in [0.4, 0.5) is 0 Å². The fourth-order valence-corrected chi connectivity index (χ4v) is 4.09. The van der Waals surface area contributed by atoms with Crippen molar-refractivity contribution in [2.45, 2.75) is 24.7 Å². The monoisotopic (exact) mass is 304 g/mol. The summed E-state index contributed by atoms with van der Waals surface area (Å²) >= 11 is 0. The second-order valence-electron chi connectivity index (χ2n) is 6.51. The number of benzene rings is 3. The Labute approximate surface area is 133 Å². The van der Waals surface area contributed by atoms with Crippen LogP contribution in [-0.4, -0.2) is 27.5 Å². The highest BCUT2D eigenvalue weighted by atomic mass is 16.4. The molecule has 0 bridgehead atoms. The molecule has 3 aromatic carbocycles.